The maximum atomic E-state index is 12.4. The number of carbonyl (C=O) groups is 1. The van der Waals surface area contributed by atoms with Crippen LogP contribution in [0.3, 0.4) is 0 Å². The van der Waals surface area contributed by atoms with E-state index >= 15 is 0 Å². The minimum absolute atomic E-state index is 0.238. The van der Waals surface area contributed by atoms with Gasteiger partial charge in [-0.05, 0) is 38.8 Å². The summed E-state index contributed by atoms with van der Waals surface area (Å²) < 4.78 is 17.2. The lowest BCUT2D eigenvalue weighted by Gasteiger charge is -2.31. The summed E-state index contributed by atoms with van der Waals surface area (Å²) in [6.07, 6.45) is 5.27. The highest BCUT2D eigenvalue weighted by molar-refractivity contribution is 6.05. The summed E-state index contributed by atoms with van der Waals surface area (Å²) in [5.74, 6) is 1.19. The van der Waals surface area contributed by atoms with Crippen molar-refractivity contribution in [2.75, 3.05) is 5.32 Å². The minimum atomic E-state index is -0.509. The Bertz CT molecular complexity index is 771. The third-order valence-corrected chi connectivity index (χ3v) is 4.67. The van der Waals surface area contributed by atoms with E-state index in [9.17, 15) is 4.79 Å². The average molecular weight is 328 g/mol. The highest BCUT2D eigenvalue weighted by Crippen LogP contribution is 2.46. The summed E-state index contributed by atoms with van der Waals surface area (Å²) >= 11 is 0. The first-order valence-electron chi connectivity index (χ1n) is 8.33. The van der Waals surface area contributed by atoms with Crippen molar-refractivity contribution in [2.24, 2.45) is 0 Å². The van der Waals surface area contributed by atoms with Gasteiger partial charge in [0.25, 0.3) is 11.7 Å². The fraction of sp³-hybridized carbons (Fsp3) is 0.444. The number of nitrogens with zero attached hydrogens (tertiary/aromatic N) is 1. The quantitative estimate of drug-likeness (QED) is 0.903. The van der Waals surface area contributed by atoms with Crippen molar-refractivity contribution in [3.63, 3.8) is 0 Å². The first-order chi connectivity index (χ1) is 11.6. The molecule has 0 radical (unpaired) electrons. The Morgan fingerprint density at radius 2 is 1.88 bits per heavy atom. The number of hydrogen-bond donors (Lipinski definition) is 1. The van der Waals surface area contributed by atoms with E-state index in [0.29, 0.717) is 28.5 Å². The summed E-state index contributed by atoms with van der Waals surface area (Å²) in [5.41, 5.74) is 1.71. The molecule has 0 saturated heterocycles. The Hall–Kier alpha value is -2.50. The lowest BCUT2D eigenvalue weighted by Crippen LogP contribution is -2.40. The van der Waals surface area contributed by atoms with Crippen LogP contribution in [0.2, 0.25) is 0 Å². The molecule has 1 saturated carbocycles. The molecule has 1 amide bonds. The van der Waals surface area contributed by atoms with Gasteiger partial charge in [-0.3, -0.25) is 4.79 Å². The largest absolute Gasteiger partial charge is 0.448 e. The number of rotatable bonds is 2. The maximum absolute atomic E-state index is 12.4. The highest BCUT2D eigenvalue weighted by Gasteiger charge is 2.42. The van der Waals surface area contributed by atoms with Crippen molar-refractivity contribution < 1.29 is 18.8 Å². The van der Waals surface area contributed by atoms with E-state index in [1.165, 1.54) is 6.42 Å². The number of aryl methyl sites for hydroxylation is 2. The van der Waals surface area contributed by atoms with E-state index in [4.69, 9.17) is 14.0 Å². The summed E-state index contributed by atoms with van der Waals surface area (Å²) in [5, 5.41) is 6.69. The van der Waals surface area contributed by atoms with Crippen LogP contribution in [0.25, 0.3) is 0 Å². The SMILES string of the molecule is Cc1noc(C)c1C(=O)Nc1ccc2c(c1)OC1(CCCCC1)O2. The third kappa shape index (κ3) is 2.52. The van der Waals surface area contributed by atoms with Crippen molar-refractivity contribution >= 4 is 11.6 Å². The average Bonchev–Trinajstić information content (AvgIpc) is 3.07. The van der Waals surface area contributed by atoms with E-state index in [1.807, 2.05) is 18.2 Å². The van der Waals surface area contributed by atoms with Gasteiger partial charge in [-0.15, -0.1) is 0 Å². The topological polar surface area (TPSA) is 73.6 Å². The first kappa shape index (κ1) is 15.1. The second-order valence-corrected chi connectivity index (χ2v) is 6.49. The predicted molar refractivity (Wildman–Crippen MR) is 87.4 cm³/mol. The zero-order valence-corrected chi connectivity index (χ0v) is 13.8. The number of ether oxygens (including phenoxy) is 2. The summed E-state index contributed by atoms with van der Waals surface area (Å²) in [6.45, 7) is 3.47. The van der Waals surface area contributed by atoms with Crippen LogP contribution >= 0.6 is 0 Å². The maximum Gasteiger partial charge on any atom is 0.261 e. The molecule has 1 aromatic carbocycles. The molecule has 1 aromatic heterocycles. The molecule has 4 rings (SSSR count). The lowest BCUT2D eigenvalue weighted by molar-refractivity contribution is -0.105. The lowest BCUT2D eigenvalue weighted by atomic mass is 9.94. The molecular formula is C18H20N2O4. The summed E-state index contributed by atoms with van der Waals surface area (Å²) in [4.78, 5) is 12.4. The van der Waals surface area contributed by atoms with Gasteiger partial charge in [0.1, 0.15) is 11.3 Å². The second-order valence-electron chi connectivity index (χ2n) is 6.49. The van der Waals surface area contributed by atoms with E-state index in [2.05, 4.69) is 10.5 Å². The molecule has 2 heterocycles. The van der Waals surface area contributed by atoms with Crippen molar-refractivity contribution in [1.82, 2.24) is 5.16 Å². The van der Waals surface area contributed by atoms with Gasteiger partial charge in [-0.1, -0.05) is 11.6 Å². The van der Waals surface area contributed by atoms with Crippen molar-refractivity contribution in [3.05, 3.63) is 35.2 Å². The summed E-state index contributed by atoms with van der Waals surface area (Å²) in [6, 6.07) is 5.48. The Balaban J connectivity index is 1.53. The van der Waals surface area contributed by atoms with E-state index in [0.717, 1.165) is 31.4 Å². The Kier molecular flexibility index (Phi) is 3.48. The third-order valence-electron chi connectivity index (χ3n) is 4.67. The predicted octanol–water partition coefficient (Wildman–Crippen LogP) is 3.98. The second kappa shape index (κ2) is 5.54. The molecule has 0 atom stereocenters. The van der Waals surface area contributed by atoms with Crippen LogP contribution in [0.4, 0.5) is 5.69 Å². The van der Waals surface area contributed by atoms with Crippen LogP contribution in [0.1, 0.15) is 53.9 Å². The number of carbonyl (C=O) groups excluding carboxylic acids is 1. The highest BCUT2D eigenvalue weighted by atomic mass is 16.7. The van der Waals surface area contributed by atoms with Gasteiger partial charge in [0.15, 0.2) is 11.5 Å². The van der Waals surface area contributed by atoms with Gasteiger partial charge in [0, 0.05) is 24.6 Å². The number of amides is 1. The molecule has 1 aliphatic carbocycles. The van der Waals surface area contributed by atoms with E-state index < -0.39 is 5.79 Å². The Morgan fingerprint density at radius 1 is 1.12 bits per heavy atom. The van der Waals surface area contributed by atoms with Crippen molar-refractivity contribution in [3.8, 4) is 11.5 Å². The smallest absolute Gasteiger partial charge is 0.261 e. The molecule has 24 heavy (non-hydrogen) atoms. The van der Waals surface area contributed by atoms with E-state index in [-0.39, 0.29) is 5.91 Å². The molecule has 1 N–H and O–H groups in total. The normalized spacial score (nSPS) is 17.9. The number of hydrogen-bond acceptors (Lipinski definition) is 5. The molecule has 1 aliphatic heterocycles. The number of aromatic nitrogens is 1. The number of fused-ring (bicyclic) bond motifs is 1. The minimum Gasteiger partial charge on any atom is -0.448 e. The fourth-order valence-electron chi connectivity index (χ4n) is 3.47. The van der Waals surface area contributed by atoms with Crippen LogP contribution in [0.15, 0.2) is 22.7 Å². The first-order valence-corrected chi connectivity index (χ1v) is 8.33. The Morgan fingerprint density at radius 3 is 2.58 bits per heavy atom. The van der Waals surface area contributed by atoms with Crippen LogP contribution < -0.4 is 14.8 Å². The molecule has 1 fully saturated rings. The Labute approximate surface area is 140 Å². The van der Waals surface area contributed by atoms with Gasteiger partial charge in [0.05, 0.1) is 5.69 Å². The number of nitrogens with one attached hydrogen (secondary N) is 1. The van der Waals surface area contributed by atoms with Crippen LogP contribution in [-0.2, 0) is 0 Å². The molecule has 0 unspecified atom stereocenters. The van der Waals surface area contributed by atoms with Gasteiger partial charge in [-0.2, -0.15) is 0 Å². The van der Waals surface area contributed by atoms with Gasteiger partial charge >= 0.3 is 0 Å². The van der Waals surface area contributed by atoms with E-state index in [1.54, 1.807) is 13.8 Å². The van der Waals surface area contributed by atoms with Crippen LogP contribution in [0, 0.1) is 13.8 Å². The van der Waals surface area contributed by atoms with Crippen LogP contribution in [-0.4, -0.2) is 16.9 Å². The molecule has 126 valence electrons. The van der Waals surface area contributed by atoms with Gasteiger partial charge < -0.3 is 19.3 Å². The molecule has 0 bridgehead atoms. The molecule has 6 nitrogen and oxygen atoms in total. The molecular weight excluding hydrogens is 308 g/mol. The van der Waals surface area contributed by atoms with Crippen molar-refractivity contribution in [1.29, 1.82) is 0 Å². The number of benzene rings is 1. The van der Waals surface area contributed by atoms with Gasteiger partial charge in [-0.25, -0.2) is 0 Å². The van der Waals surface area contributed by atoms with Gasteiger partial charge in [0.2, 0.25) is 0 Å². The zero-order valence-electron chi connectivity index (χ0n) is 13.8. The fourth-order valence-corrected chi connectivity index (χ4v) is 3.47. The standard InChI is InChI=1S/C18H20N2O4/c1-11-16(12(2)24-20-11)17(21)19-13-6-7-14-15(10-13)23-18(22-14)8-4-3-5-9-18/h6-7,10H,3-5,8-9H2,1-2H3,(H,19,21). The summed E-state index contributed by atoms with van der Waals surface area (Å²) in [7, 11) is 0. The molecule has 2 aliphatic rings. The molecule has 2 aromatic rings. The zero-order chi connectivity index (χ0) is 16.7. The number of anilines is 1. The van der Waals surface area contributed by atoms with Crippen molar-refractivity contribution in [2.45, 2.75) is 51.7 Å². The molecule has 1 spiro atoms. The molecule has 6 heteroatoms. The van der Waals surface area contributed by atoms with Crippen LogP contribution in [0.5, 0.6) is 11.5 Å². The monoisotopic (exact) mass is 328 g/mol.